The van der Waals surface area contributed by atoms with Gasteiger partial charge in [0.05, 0.1) is 7.11 Å². The van der Waals surface area contributed by atoms with Gasteiger partial charge in [-0.2, -0.15) is 0 Å². The molecule has 36 heavy (non-hydrogen) atoms. The minimum atomic E-state index is -1.06. The maximum Gasteiger partial charge on any atom is 0.350 e. The number of nitrogens with zero attached hydrogens (tertiary/aromatic N) is 4. The molecule has 0 radical (unpaired) electrons. The molecule has 0 saturated carbocycles. The zero-order valence-corrected chi connectivity index (χ0v) is 19.0. The number of aromatic nitrogens is 5. The number of anilines is 1. The summed E-state index contributed by atoms with van der Waals surface area (Å²) in [4.78, 5) is 23.3. The van der Waals surface area contributed by atoms with Crippen LogP contribution in [0.4, 0.5) is 14.5 Å². The Morgan fingerprint density at radius 1 is 1.25 bits per heavy atom. The third-order valence-corrected chi connectivity index (χ3v) is 5.08. The second-order valence-corrected chi connectivity index (χ2v) is 7.41. The summed E-state index contributed by atoms with van der Waals surface area (Å²) in [6.45, 7) is -1.17. The van der Waals surface area contributed by atoms with Crippen molar-refractivity contribution < 1.29 is 18.3 Å². The molecule has 0 aliphatic heterocycles. The second kappa shape index (κ2) is 10.6. The van der Waals surface area contributed by atoms with Crippen LogP contribution in [0.25, 0.3) is 5.95 Å². The molecule has 5 N–H and O–H groups in total. The predicted molar refractivity (Wildman–Crippen MR) is 127 cm³/mol. The first kappa shape index (κ1) is 24.3. The van der Waals surface area contributed by atoms with Crippen LogP contribution in [0.5, 0.6) is 11.5 Å². The zero-order valence-electron chi connectivity index (χ0n) is 19.0. The van der Waals surface area contributed by atoms with Gasteiger partial charge in [-0.05, 0) is 36.4 Å². The zero-order chi connectivity index (χ0) is 25.7. The summed E-state index contributed by atoms with van der Waals surface area (Å²) in [5.74, 6) is -0.841. The summed E-state index contributed by atoms with van der Waals surface area (Å²) in [5, 5.41) is 15.0. The minimum Gasteiger partial charge on any atom is -0.497 e. The fourth-order valence-corrected chi connectivity index (χ4v) is 3.39. The molecule has 13 heteroatoms. The lowest BCUT2D eigenvalue weighted by Crippen LogP contribution is -2.18. The van der Waals surface area contributed by atoms with Gasteiger partial charge in [0.2, 0.25) is 0 Å². The van der Waals surface area contributed by atoms with Crippen molar-refractivity contribution in [3.8, 4) is 17.4 Å². The summed E-state index contributed by atoms with van der Waals surface area (Å²) in [6, 6.07) is 9.73. The Labute approximate surface area is 203 Å². The van der Waals surface area contributed by atoms with Crippen molar-refractivity contribution in [1.82, 2.24) is 24.7 Å². The topological polar surface area (TPSA) is 157 Å². The number of rotatable bonds is 10. The Hall–Kier alpha value is -4.81. The molecule has 0 amide bonds. The standard InChI is InChI=1S/C23H22F2N8O3/c1-35-15-11-16(18(25)17(12-15)36-10-7-24)19(30-14-5-3-13(4-6-14)20(26)27)21-31-23(34)33(32-21)22-28-8-2-9-29-22/h2-6,8-9,11-12,19,30H,7,10H2,1H3,(H3,26,27)(H,31,32,34)/t19-/m0/s1. The van der Waals surface area contributed by atoms with E-state index >= 15 is 4.39 Å². The molecule has 4 aromatic rings. The molecule has 0 unspecified atom stereocenters. The first-order chi connectivity index (χ1) is 17.4. The van der Waals surface area contributed by atoms with E-state index in [2.05, 4.69) is 25.4 Å². The van der Waals surface area contributed by atoms with E-state index in [1.54, 1.807) is 30.3 Å². The van der Waals surface area contributed by atoms with Gasteiger partial charge in [0, 0.05) is 35.3 Å². The van der Waals surface area contributed by atoms with Crippen LogP contribution in [0.3, 0.4) is 0 Å². The number of nitrogens with two attached hydrogens (primary N) is 1. The van der Waals surface area contributed by atoms with Gasteiger partial charge in [0.25, 0.3) is 5.95 Å². The van der Waals surface area contributed by atoms with Gasteiger partial charge in [0.15, 0.2) is 17.4 Å². The molecule has 2 heterocycles. The average Bonchev–Trinajstić information content (AvgIpc) is 3.28. The Balaban J connectivity index is 1.84. The van der Waals surface area contributed by atoms with E-state index in [1.807, 2.05) is 0 Å². The number of amidine groups is 1. The molecule has 186 valence electrons. The first-order valence-electron chi connectivity index (χ1n) is 10.6. The van der Waals surface area contributed by atoms with Crippen LogP contribution in [0.15, 0.2) is 59.7 Å². The van der Waals surface area contributed by atoms with Gasteiger partial charge in [-0.3, -0.25) is 10.4 Å². The van der Waals surface area contributed by atoms with Gasteiger partial charge >= 0.3 is 5.69 Å². The quantitative estimate of drug-likeness (QED) is 0.192. The SMILES string of the molecule is COc1cc(OCCF)c(F)c([C@H](Nc2ccc(C(=N)N)cc2)c2nn(-c3ncccn3)c(=O)[nH]2)c1. The number of halogens is 2. The van der Waals surface area contributed by atoms with Gasteiger partial charge in [-0.15, -0.1) is 9.78 Å². The van der Waals surface area contributed by atoms with E-state index in [1.165, 1.54) is 31.6 Å². The Kier molecular flexibility index (Phi) is 7.18. The number of nitrogen functional groups attached to an aromatic ring is 1. The molecular weight excluding hydrogens is 474 g/mol. The van der Waals surface area contributed by atoms with Crippen LogP contribution in [-0.2, 0) is 0 Å². The molecule has 0 fully saturated rings. The van der Waals surface area contributed by atoms with E-state index < -0.39 is 24.2 Å². The normalized spacial score (nSPS) is 11.6. The van der Waals surface area contributed by atoms with Gasteiger partial charge < -0.3 is 20.5 Å². The smallest absolute Gasteiger partial charge is 0.350 e. The number of nitrogens with one attached hydrogen (secondary N) is 3. The van der Waals surface area contributed by atoms with Crippen molar-refractivity contribution in [2.45, 2.75) is 6.04 Å². The van der Waals surface area contributed by atoms with Crippen molar-refractivity contribution in [3.63, 3.8) is 0 Å². The van der Waals surface area contributed by atoms with Crippen LogP contribution in [0.1, 0.15) is 23.0 Å². The third-order valence-electron chi connectivity index (χ3n) is 5.08. The maximum absolute atomic E-state index is 15.6. The number of ether oxygens (including phenoxy) is 2. The number of aromatic amines is 1. The molecule has 0 saturated heterocycles. The third kappa shape index (κ3) is 5.14. The summed E-state index contributed by atoms with van der Waals surface area (Å²) < 4.78 is 39.8. The number of hydrogen-bond acceptors (Lipinski definition) is 8. The highest BCUT2D eigenvalue weighted by Crippen LogP contribution is 2.35. The Morgan fingerprint density at radius 3 is 2.61 bits per heavy atom. The van der Waals surface area contributed by atoms with Crippen LogP contribution in [0, 0.1) is 11.2 Å². The summed E-state index contributed by atoms with van der Waals surface area (Å²) >= 11 is 0. The lowest BCUT2D eigenvalue weighted by Gasteiger charge is -2.21. The molecule has 0 aliphatic carbocycles. The summed E-state index contributed by atoms with van der Waals surface area (Å²) in [6.07, 6.45) is 2.90. The number of H-pyrrole nitrogens is 1. The number of benzene rings is 2. The van der Waals surface area contributed by atoms with E-state index in [0.29, 0.717) is 11.3 Å². The molecule has 0 aliphatic rings. The lowest BCUT2D eigenvalue weighted by atomic mass is 10.0. The number of hydrogen-bond donors (Lipinski definition) is 4. The predicted octanol–water partition coefficient (Wildman–Crippen LogP) is 2.33. The largest absolute Gasteiger partial charge is 0.497 e. The number of methoxy groups -OCH3 is 1. The van der Waals surface area contributed by atoms with Crippen LogP contribution >= 0.6 is 0 Å². The number of alkyl halides is 1. The van der Waals surface area contributed by atoms with Crippen molar-refractivity contribution in [1.29, 1.82) is 5.41 Å². The van der Waals surface area contributed by atoms with Crippen molar-refractivity contribution in [2.24, 2.45) is 5.73 Å². The van der Waals surface area contributed by atoms with Crippen LogP contribution < -0.4 is 26.2 Å². The molecular formula is C23H22F2N8O3. The van der Waals surface area contributed by atoms with Gasteiger partial charge in [-0.1, -0.05) is 0 Å². The highest BCUT2D eigenvalue weighted by Gasteiger charge is 2.27. The van der Waals surface area contributed by atoms with E-state index in [-0.39, 0.29) is 41.3 Å². The lowest BCUT2D eigenvalue weighted by molar-refractivity contribution is 0.260. The molecule has 4 rings (SSSR count). The molecule has 11 nitrogen and oxygen atoms in total. The first-order valence-corrected chi connectivity index (χ1v) is 10.6. The molecule has 2 aromatic heterocycles. The molecule has 0 bridgehead atoms. The van der Waals surface area contributed by atoms with Crippen molar-refractivity contribution >= 4 is 11.5 Å². The van der Waals surface area contributed by atoms with E-state index in [0.717, 1.165) is 4.68 Å². The van der Waals surface area contributed by atoms with E-state index in [4.69, 9.17) is 20.6 Å². The van der Waals surface area contributed by atoms with Gasteiger partial charge in [-0.25, -0.2) is 23.5 Å². The van der Waals surface area contributed by atoms with E-state index in [9.17, 15) is 9.18 Å². The fraction of sp³-hybridized carbons (Fsp3) is 0.174. The minimum absolute atomic E-state index is 0.00809. The molecule has 0 spiro atoms. The monoisotopic (exact) mass is 496 g/mol. The Bertz CT molecular complexity index is 1410. The average molecular weight is 496 g/mol. The molecule has 2 aromatic carbocycles. The fourth-order valence-electron chi connectivity index (χ4n) is 3.39. The summed E-state index contributed by atoms with van der Waals surface area (Å²) in [7, 11) is 1.39. The highest BCUT2D eigenvalue weighted by atomic mass is 19.1. The van der Waals surface area contributed by atoms with Crippen molar-refractivity contribution in [2.75, 3.05) is 25.7 Å². The van der Waals surface area contributed by atoms with Crippen LogP contribution in [-0.4, -0.2) is 51.0 Å². The second-order valence-electron chi connectivity index (χ2n) is 7.41. The maximum atomic E-state index is 15.6. The molecule has 1 atom stereocenters. The van der Waals surface area contributed by atoms with Gasteiger partial charge in [0.1, 0.15) is 30.9 Å². The Morgan fingerprint density at radius 2 is 1.97 bits per heavy atom. The van der Waals surface area contributed by atoms with Crippen molar-refractivity contribution in [3.05, 3.63) is 88.1 Å². The highest BCUT2D eigenvalue weighted by molar-refractivity contribution is 5.95. The van der Waals surface area contributed by atoms with Crippen LogP contribution in [0.2, 0.25) is 0 Å². The summed E-state index contributed by atoms with van der Waals surface area (Å²) in [5.41, 5.74) is 5.88.